The number of hydrogen-bond acceptors (Lipinski definition) is 10. The lowest BCUT2D eigenvalue weighted by Gasteiger charge is -2.61. The standard InChI is InChI=1S/C23H24N2O9/c1-21-12(13(27)10-8(16(21)29)6-5-7-9(10)26)18(31)23(34)17(30)11(19(24)32)14(28)15(25(3)4)22(23,2)20(21)33/h5-7,15,20,26-27,30,33-34H,1-4H3,(H2,24,32)/t15-,20+,21+,22-,23-/m1/s1. The van der Waals surface area contributed by atoms with Crippen molar-refractivity contribution in [3.05, 3.63) is 46.2 Å². The first kappa shape index (κ1) is 23.6. The number of Topliss-reactive ketones (excluding diaryl/α,β-unsaturated/α-hetero) is 3. The monoisotopic (exact) mass is 472 g/mol. The van der Waals surface area contributed by atoms with Gasteiger partial charge in [-0.05, 0) is 27.1 Å². The van der Waals surface area contributed by atoms with Crippen LogP contribution in [0.3, 0.4) is 0 Å². The van der Waals surface area contributed by atoms with Crippen molar-refractivity contribution < 1.29 is 44.7 Å². The first-order valence-electron chi connectivity index (χ1n) is 10.3. The first-order valence-corrected chi connectivity index (χ1v) is 10.3. The molecule has 34 heavy (non-hydrogen) atoms. The summed E-state index contributed by atoms with van der Waals surface area (Å²) in [5, 5.41) is 55.7. The number of amides is 1. The molecule has 0 bridgehead atoms. The van der Waals surface area contributed by atoms with Gasteiger partial charge in [0.1, 0.15) is 22.8 Å². The van der Waals surface area contributed by atoms with Crippen LogP contribution in [0.5, 0.6) is 5.75 Å². The van der Waals surface area contributed by atoms with Gasteiger partial charge in [0.05, 0.1) is 34.1 Å². The Morgan fingerprint density at radius 2 is 1.65 bits per heavy atom. The molecule has 0 spiro atoms. The highest BCUT2D eigenvalue weighted by atomic mass is 16.4. The van der Waals surface area contributed by atoms with Crippen LogP contribution in [0.2, 0.25) is 0 Å². The molecule has 1 saturated carbocycles. The zero-order chi connectivity index (χ0) is 25.7. The molecule has 11 nitrogen and oxygen atoms in total. The van der Waals surface area contributed by atoms with E-state index in [1.807, 2.05) is 0 Å². The number of phenolic OH excluding ortho intramolecular Hbond substituents is 1. The van der Waals surface area contributed by atoms with E-state index < -0.39 is 80.2 Å². The molecule has 0 aromatic heterocycles. The summed E-state index contributed by atoms with van der Waals surface area (Å²) in [5.74, 6) is -7.56. The maximum atomic E-state index is 13.9. The zero-order valence-electron chi connectivity index (χ0n) is 18.8. The number of ketones is 3. The number of fused-ring (bicyclic) bond motifs is 3. The van der Waals surface area contributed by atoms with E-state index >= 15 is 0 Å². The molecule has 0 unspecified atom stereocenters. The summed E-state index contributed by atoms with van der Waals surface area (Å²) in [6, 6.07) is 2.20. The molecule has 0 aliphatic heterocycles. The van der Waals surface area contributed by atoms with Gasteiger partial charge in [0.25, 0.3) is 5.91 Å². The van der Waals surface area contributed by atoms with E-state index in [0.717, 1.165) is 13.0 Å². The molecule has 1 fully saturated rings. The van der Waals surface area contributed by atoms with Gasteiger partial charge in [-0.3, -0.25) is 24.1 Å². The van der Waals surface area contributed by atoms with Gasteiger partial charge in [0.2, 0.25) is 5.78 Å². The Balaban J connectivity index is 2.19. The third kappa shape index (κ3) is 2.26. The van der Waals surface area contributed by atoms with E-state index in [1.165, 1.54) is 38.1 Å². The van der Waals surface area contributed by atoms with Crippen molar-refractivity contribution >= 4 is 29.0 Å². The largest absolute Gasteiger partial charge is 0.508 e. The molecule has 0 saturated heterocycles. The Kier molecular flexibility index (Phi) is 4.69. The number of phenols is 1. The van der Waals surface area contributed by atoms with Crippen LogP contribution in [-0.4, -0.2) is 85.5 Å². The minimum atomic E-state index is -3.13. The number of primary amides is 1. The average molecular weight is 472 g/mol. The van der Waals surface area contributed by atoms with Gasteiger partial charge in [0, 0.05) is 5.56 Å². The SMILES string of the molecule is CN(C)[C@@H]1C(=O)C(C(N)=O)=C(O)[C@@]2(O)C(=O)C3=C(O)c4c(O)cccc4C(=O)[C@@]3(C)[C@H](O)[C@@]12C. The maximum Gasteiger partial charge on any atom is 0.255 e. The third-order valence-electron chi connectivity index (χ3n) is 7.61. The van der Waals surface area contributed by atoms with E-state index in [0.29, 0.717) is 0 Å². The Bertz CT molecular complexity index is 1280. The van der Waals surface area contributed by atoms with E-state index in [2.05, 4.69) is 0 Å². The minimum absolute atomic E-state index is 0.189. The summed E-state index contributed by atoms with van der Waals surface area (Å²) < 4.78 is 0. The Labute approximate surface area is 193 Å². The molecule has 1 amide bonds. The molecular weight excluding hydrogens is 448 g/mol. The number of aliphatic hydroxyl groups excluding tert-OH is 3. The predicted molar refractivity (Wildman–Crippen MR) is 115 cm³/mol. The number of benzene rings is 1. The number of aliphatic hydroxyl groups is 4. The number of carbonyl (C=O) groups is 4. The number of nitrogens with two attached hydrogens (primary N) is 1. The van der Waals surface area contributed by atoms with Crippen molar-refractivity contribution in [2.24, 2.45) is 16.6 Å². The first-order chi connectivity index (χ1) is 15.6. The second-order valence-corrected chi connectivity index (χ2v) is 9.50. The van der Waals surface area contributed by atoms with Crippen LogP contribution in [0.25, 0.3) is 5.76 Å². The fourth-order valence-corrected chi connectivity index (χ4v) is 6.00. The van der Waals surface area contributed by atoms with Crippen LogP contribution >= 0.6 is 0 Å². The lowest BCUT2D eigenvalue weighted by molar-refractivity contribution is -0.204. The van der Waals surface area contributed by atoms with Gasteiger partial charge in [-0.25, -0.2) is 0 Å². The second kappa shape index (κ2) is 6.75. The number of likely N-dealkylation sites (N-methyl/N-ethyl adjacent to an activating group) is 1. The number of carbonyl (C=O) groups excluding carboxylic acids is 4. The van der Waals surface area contributed by atoms with E-state index in [-0.39, 0.29) is 11.1 Å². The van der Waals surface area contributed by atoms with Gasteiger partial charge in [-0.1, -0.05) is 19.1 Å². The van der Waals surface area contributed by atoms with Gasteiger partial charge < -0.3 is 31.3 Å². The molecular formula is C23H24N2O9. The van der Waals surface area contributed by atoms with Crippen molar-refractivity contribution in [1.29, 1.82) is 0 Å². The lowest BCUT2D eigenvalue weighted by Crippen LogP contribution is -2.78. The zero-order valence-corrected chi connectivity index (χ0v) is 18.8. The maximum absolute atomic E-state index is 13.9. The van der Waals surface area contributed by atoms with Crippen molar-refractivity contribution in [3.8, 4) is 5.75 Å². The predicted octanol–water partition coefficient (Wildman–Crippen LogP) is -0.645. The lowest BCUT2D eigenvalue weighted by atomic mass is 9.44. The number of rotatable bonds is 2. The molecule has 3 aliphatic rings. The molecule has 5 atom stereocenters. The van der Waals surface area contributed by atoms with E-state index in [4.69, 9.17) is 5.73 Å². The Morgan fingerprint density at radius 3 is 2.18 bits per heavy atom. The van der Waals surface area contributed by atoms with Gasteiger partial charge in [-0.2, -0.15) is 0 Å². The van der Waals surface area contributed by atoms with E-state index in [1.54, 1.807) is 0 Å². The molecule has 0 heterocycles. The van der Waals surface area contributed by atoms with Gasteiger partial charge in [-0.15, -0.1) is 0 Å². The van der Waals surface area contributed by atoms with Crippen molar-refractivity contribution in [1.82, 2.24) is 4.90 Å². The normalized spacial score (nSPS) is 35.3. The van der Waals surface area contributed by atoms with Crippen LogP contribution in [0.4, 0.5) is 0 Å². The van der Waals surface area contributed by atoms with Gasteiger partial charge in [0.15, 0.2) is 17.2 Å². The molecule has 1 aromatic rings. The van der Waals surface area contributed by atoms with Crippen LogP contribution in [-0.2, 0) is 14.4 Å². The van der Waals surface area contributed by atoms with Crippen molar-refractivity contribution in [3.63, 3.8) is 0 Å². The Hall–Kier alpha value is -3.54. The summed E-state index contributed by atoms with van der Waals surface area (Å²) >= 11 is 0. The van der Waals surface area contributed by atoms with Crippen molar-refractivity contribution in [2.45, 2.75) is 31.6 Å². The topological polar surface area (TPSA) is 199 Å². The minimum Gasteiger partial charge on any atom is -0.508 e. The molecule has 4 rings (SSSR count). The summed E-state index contributed by atoms with van der Waals surface area (Å²) in [5.41, 5.74) is -4.72. The molecule has 1 aromatic carbocycles. The highest BCUT2D eigenvalue weighted by Crippen LogP contribution is 2.62. The Morgan fingerprint density at radius 1 is 1.06 bits per heavy atom. The van der Waals surface area contributed by atoms with Crippen LogP contribution in [0.15, 0.2) is 35.1 Å². The van der Waals surface area contributed by atoms with Crippen LogP contribution in [0.1, 0.15) is 29.8 Å². The summed E-state index contributed by atoms with van der Waals surface area (Å²) in [6.45, 7) is 2.30. The van der Waals surface area contributed by atoms with Gasteiger partial charge >= 0.3 is 0 Å². The number of hydrogen-bond donors (Lipinski definition) is 6. The molecule has 7 N–H and O–H groups in total. The fraction of sp³-hybridized carbons (Fsp3) is 0.391. The molecule has 11 heteroatoms. The second-order valence-electron chi connectivity index (χ2n) is 9.50. The highest BCUT2D eigenvalue weighted by Gasteiger charge is 2.78. The quantitative estimate of drug-likeness (QED) is 0.301. The van der Waals surface area contributed by atoms with Crippen molar-refractivity contribution in [2.75, 3.05) is 14.1 Å². The third-order valence-corrected chi connectivity index (χ3v) is 7.61. The number of nitrogens with zero attached hydrogens (tertiary/aromatic N) is 1. The summed E-state index contributed by atoms with van der Waals surface area (Å²) in [6.07, 6.45) is -2.05. The summed E-state index contributed by atoms with van der Waals surface area (Å²) in [4.78, 5) is 54.1. The van der Waals surface area contributed by atoms with Crippen LogP contribution in [0, 0.1) is 10.8 Å². The molecule has 0 radical (unpaired) electrons. The smallest absolute Gasteiger partial charge is 0.255 e. The average Bonchev–Trinajstić information content (AvgIpc) is 2.73. The van der Waals surface area contributed by atoms with Crippen LogP contribution < -0.4 is 5.73 Å². The molecule has 180 valence electrons. The number of aromatic hydroxyl groups is 1. The summed E-state index contributed by atoms with van der Waals surface area (Å²) in [7, 11) is 2.77. The van der Waals surface area contributed by atoms with E-state index in [9.17, 15) is 44.7 Å². The molecule has 3 aliphatic carbocycles. The highest BCUT2D eigenvalue weighted by molar-refractivity contribution is 6.27. The fourth-order valence-electron chi connectivity index (χ4n) is 6.00.